The Morgan fingerprint density at radius 3 is 2.74 bits per heavy atom. The maximum Gasteiger partial charge on any atom is 0.145 e. The second kappa shape index (κ2) is 6.18. The molecule has 1 heterocycles. The fourth-order valence-electron chi connectivity index (χ4n) is 1.86. The summed E-state index contributed by atoms with van der Waals surface area (Å²) in [7, 11) is 0. The first-order valence-corrected chi connectivity index (χ1v) is 6.41. The average Bonchev–Trinajstić information content (AvgIpc) is 2.43. The predicted molar refractivity (Wildman–Crippen MR) is 72.1 cm³/mol. The number of halogens is 3. The Kier molecular flexibility index (Phi) is 4.57. The summed E-state index contributed by atoms with van der Waals surface area (Å²) in [6.07, 6.45) is 3.61. The SMILES string of the molecule is NNC(Cc1cccnc1)c1c(F)ccc(Br)c1F. The molecule has 0 aliphatic carbocycles. The van der Waals surface area contributed by atoms with Crippen LogP contribution in [0.2, 0.25) is 0 Å². The summed E-state index contributed by atoms with van der Waals surface area (Å²) in [4.78, 5) is 3.96. The number of benzene rings is 1. The second-order valence-corrected chi connectivity index (χ2v) is 4.90. The van der Waals surface area contributed by atoms with E-state index in [1.54, 1.807) is 18.5 Å². The van der Waals surface area contributed by atoms with E-state index in [4.69, 9.17) is 5.84 Å². The summed E-state index contributed by atoms with van der Waals surface area (Å²) < 4.78 is 28.0. The van der Waals surface area contributed by atoms with Crippen LogP contribution in [0.1, 0.15) is 17.2 Å². The standard InChI is InChI=1S/C13H12BrF2N3/c14-9-3-4-10(15)12(13(9)16)11(19-17)6-8-2-1-5-18-7-8/h1-5,7,11,19H,6,17H2. The summed E-state index contributed by atoms with van der Waals surface area (Å²) in [5.41, 5.74) is 3.20. The van der Waals surface area contributed by atoms with Gasteiger partial charge in [-0.2, -0.15) is 0 Å². The molecular formula is C13H12BrF2N3. The molecule has 0 saturated carbocycles. The largest absolute Gasteiger partial charge is 0.271 e. The van der Waals surface area contributed by atoms with Gasteiger partial charge in [0.05, 0.1) is 10.5 Å². The van der Waals surface area contributed by atoms with Crippen LogP contribution in [0.3, 0.4) is 0 Å². The smallest absolute Gasteiger partial charge is 0.145 e. The van der Waals surface area contributed by atoms with E-state index in [0.29, 0.717) is 6.42 Å². The molecule has 0 saturated heterocycles. The van der Waals surface area contributed by atoms with Gasteiger partial charge >= 0.3 is 0 Å². The van der Waals surface area contributed by atoms with Gasteiger partial charge in [0.2, 0.25) is 0 Å². The van der Waals surface area contributed by atoms with Gasteiger partial charge in [-0.15, -0.1) is 0 Å². The molecule has 100 valence electrons. The van der Waals surface area contributed by atoms with Crippen molar-refractivity contribution in [1.29, 1.82) is 0 Å². The molecule has 0 aliphatic heterocycles. The van der Waals surface area contributed by atoms with Crippen LogP contribution in [0.4, 0.5) is 8.78 Å². The fourth-order valence-corrected chi connectivity index (χ4v) is 2.21. The third-order valence-corrected chi connectivity index (χ3v) is 3.40. The number of hydrogen-bond donors (Lipinski definition) is 2. The van der Waals surface area contributed by atoms with Gasteiger partial charge in [0.25, 0.3) is 0 Å². The first-order valence-electron chi connectivity index (χ1n) is 5.62. The van der Waals surface area contributed by atoms with Crippen LogP contribution in [-0.4, -0.2) is 4.98 Å². The molecule has 0 bridgehead atoms. The molecule has 0 radical (unpaired) electrons. The van der Waals surface area contributed by atoms with E-state index in [2.05, 4.69) is 26.3 Å². The van der Waals surface area contributed by atoms with Crippen LogP contribution in [0.15, 0.2) is 41.1 Å². The van der Waals surface area contributed by atoms with E-state index in [-0.39, 0.29) is 10.0 Å². The number of rotatable bonds is 4. The van der Waals surface area contributed by atoms with E-state index in [1.807, 2.05) is 6.07 Å². The molecule has 0 spiro atoms. The van der Waals surface area contributed by atoms with Gasteiger partial charge in [-0.1, -0.05) is 6.07 Å². The van der Waals surface area contributed by atoms with Gasteiger partial charge in [0, 0.05) is 18.0 Å². The van der Waals surface area contributed by atoms with Crippen LogP contribution < -0.4 is 11.3 Å². The number of aromatic nitrogens is 1. The van der Waals surface area contributed by atoms with Crippen molar-refractivity contribution in [1.82, 2.24) is 10.4 Å². The molecule has 0 fully saturated rings. The van der Waals surface area contributed by atoms with Gasteiger partial charge in [0.1, 0.15) is 11.6 Å². The Morgan fingerprint density at radius 1 is 1.32 bits per heavy atom. The Morgan fingerprint density at radius 2 is 2.11 bits per heavy atom. The van der Waals surface area contributed by atoms with Crippen LogP contribution in [0.5, 0.6) is 0 Å². The van der Waals surface area contributed by atoms with Crippen molar-refractivity contribution in [2.24, 2.45) is 5.84 Å². The molecule has 19 heavy (non-hydrogen) atoms. The zero-order chi connectivity index (χ0) is 13.8. The molecule has 2 rings (SSSR count). The van der Waals surface area contributed by atoms with Crippen LogP contribution in [-0.2, 0) is 6.42 Å². The lowest BCUT2D eigenvalue weighted by molar-refractivity contribution is 0.470. The number of nitrogens with one attached hydrogen (secondary N) is 1. The van der Waals surface area contributed by atoms with Crippen molar-refractivity contribution < 1.29 is 8.78 Å². The fraction of sp³-hybridized carbons (Fsp3) is 0.154. The maximum absolute atomic E-state index is 14.0. The maximum atomic E-state index is 14.0. The first-order chi connectivity index (χ1) is 9.13. The Hall–Kier alpha value is -1.37. The van der Waals surface area contributed by atoms with E-state index in [1.165, 1.54) is 12.1 Å². The van der Waals surface area contributed by atoms with Gasteiger partial charge in [0.15, 0.2) is 0 Å². The number of hydrogen-bond acceptors (Lipinski definition) is 3. The van der Waals surface area contributed by atoms with Crippen LogP contribution >= 0.6 is 15.9 Å². The molecular weight excluding hydrogens is 316 g/mol. The highest BCUT2D eigenvalue weighted by Crippen LogP contribution is 2.28. The molecule has 3 N–H and O–H groups in total. The molecule has 0 aliphatic rings. The summed E-state index contributed by atoms with van der Waals surface area (Å²) in [6, 6.07) is 5.45. The van der Waals surface area contributed by atoms with Crippen molar-refractivity contribution in [3.63, 3.8) is 0 Å². The van der Waals surface area contributed by atoms with Crippen molar-refractivity contribution in [2.45, 2.75) is 12.5 Å². The molecule has 1 aromatic carbocycles. The Bertz CT molecular complexity index is 563. The molecule has 1 unspecified atom stereocenters. The average molecular weight is 328 g/mol. The van der Waals surface area contributed by atoms with E-state index < -0.39 is 17.7 Å². The molecule has 6 heteroatoms. The second-order valence-electron chi connectivity index (χ2n) is 4.04. The quantitative estimate of drug-likeness (QED) is 0.515. The van der Waals surface area contributed by atoms with Gasteiger partial charge in [-0.3, -0.25) is 16.3 Å². The number of pyridine rings is 1. The van der Waals surface area contributed by atoms with Gasteiger partial charge < -0.3 is 0 Å². The summed E-state index contributed by atoms with van der Waals surface area (Å²) in [5, 5.41) is 0. The lowest BCUT2D eigenvalue weighted by Crippen LogP contribution is -2.31. The molecule has 3 nitrogen and oxygen atoms in total. The lowest BCUT2D eigenvalue weighted by Gasteiger charge is -2.18. The molecule has 1 aromatic heterocycles. The number of hydrazine groups is 1. The minimum absolute atomic E-state index is 0.0827. The highest BCUT2D eigenvalue weighted by Gasteiger charge is 2.21. The Balaban J connectivity index is 2.35. The highest BCUT2D eigenvalue weighted by atomic mass is 79.9. The topological polar surface area (TPSA) is 50.9 Å². The zero-order valence-corrected chi connectivity index (χ0v) is 11.5. The van der Waals surface area contributed by atoms with Crippen molar-refractivity contribution >= 4 is 15.9 Å². The summed E-state index contributed by atoms with van der Waals surface area (Å²) in [6.45, 7) is 0. The molecule has 2 aromatic rings. The summed E-state index contributed by atoms with van der Waals surface area (Å²) >= 11 is 3.04. The minimum Gasteiger partial charge on any atom is -0.271 e. The Labute approximate surface area is 117 Å². The third-order valence-electron chi connectivity index (χ3n) is 2.79. The van der Waals surface area contributed by atoms with E-state index >= 15 is 0 Å². The van der Waals surface area contributed by atoms with E-state index in [0.717, 1.165) is 5.56 Å². The normalized spacial score (nSPS) is 12.4. The number of nitrogens with zero attached hydrogens (tertiary/aromatic N) is 1. The lowest BCUT2D eigenvalue weighted by atomic mass is 9.99. The van der Waals surface area contributed by atoms with E-state index in [9.17, 15) is 8.78 Å². The first kappa shape index (κ1) is 14.0. The monoisotopic (exact) mass is 327 g/mol. The number of nitrogens with two attached hydrogens (primary N) is 1. The van der Waals surface area contributed by atoms with Gasteiger partial charge in [-0.25, -0.2) is 8.78 Å². The highest BCUT2D eigenvalue weighted by molar-refractivity contribution is 9.10. The molecule has 1 atom stereocenters. The summed E-state index contributed by atoms with van der Waals surface area (Å²) in [5.74, 6) is 4.14. The van der Waals surface area contributed by atoms with Crippen LogP contribution in [0.25, 0.3) is 0 Å². The predicted octanol–water partition coefficient (Wildman–Crippen LogP) is 2.87. The van der Waals surface area contributed by atoms with Crippen molar-refractivity contribution in [3.8, 4) is 0 Å². The van der Waals surface area contributed by atoms with Gasteiger partial charge in [-0.05, 0) is 46.1 Å². The third kappa shape index (κ3) is 3.15. The van der Waals surface area contributed by atoms with Crippen LogP contribution in [0, 0.1) is 11.6 Å². The van der Waals surface area contributed by atoms with Crippen molar-refractivity contribution in [3.05, 3.63) is 63.9 Å². The minimum atomic E-state index is -0.665. The molecule has 0 amide bonds. The van der Waals surface area contributed by atoms with Crippen molar-refractivity contribution in [2.75, 3.05) is 0 Å². The zero-order valence-electron chi connectivity index (χ0n) is 9.91.